The molecule has 3 heterocycles. The largest absolute Gasteiger partial charge is 0.483 e. The molecule has 1 saturated carbocycles. The summed E-state index contributed by atoms with van der Waals surface area (Å²) in [5.74, 6) is 0.711. The maximum atomic E-state index is 12.5. The Bertz CT molecular complexity index is 759. The minimum absolute atomic E-state index is 0.244. The van der Waals surface area contributed by atoms with Crippen molar-refractivity contribution in [3.63, 3.8) is 0 Å². The van der Waals surface area contributed by atoms with E-state index >= 15 is 0 Å². The monoisotopic (exact) mass is 386 g/mol. The molecule has 28 heavy (non-hydrogen) atoms. The lowest BCUT2D eigenvalue weighted by Gasteiger charge is -2.32. The second-order valence-corrected chi connectivity index (χ2v) is 7.80. The van der Waals surface area contributed by atoms with E-state index in [4.69, 9.17) is 14.2 Å². The number of urea groups is 1. The summed E-state index contributed by atoms with van der Waals surface area (Å²) in [6, 6.07) is 5.39. The molecule has 2 amide bonds. The van der Waals surface area contributed by atoms with E-state index in [1.165, 1.54) is 0 Å². The predicted molar refractivity (Wildman–Crippen MR) is 99.8 cm³/mol. The number of aryl methyl sites for hydroxylation is 1. The van der Waals surface area contributed by atoms with Crippen LogP contribution in [0.5, 0.6) is 5.75 Å². The van der Waals surface area contributed by atoms with Crippen molar-refractivity contribution in [3.05, 3.63) is 24.0 Å². The smallest absolute Gasteiger partial charge is 0.316 e. The minimum Gasteiger partial charge on any atom is -0.483 e. The molecule has 4 atom stereocenters. The Balaban J connectivity index is 1.34. The van der Waals surface area contributed by atoms with Gasteiger partial charge in [-0.15, -0.1) is 0 Å². The summed E-state index contributed by atoms with van der Waals surface area (Å²) in [5.41, 5.74) is 0.0496. The van der Waals surface area contributed by atoms with Gasteiger partial charge in [0.25, 0.3) is 0 Å². The minimum atomic E-state index is -0.763. The number of nitrogens with zero attached hydrogens (tertiary/aromatic N) is 2. The van der Waals surface area contributed by atoms with Crippen LogP contribution in [0.2, 0.25) is 0 Å². The van der Waals surface area contributed by atoms with E-state index in [0.29, 0.717) is 31.8 Å². The third-order valence-corrected chi connectivity index (χ3v) is 5.84. The van der Waals surface area contributed by atoms with E-state index in [0.717, 1.165) is 25.0 Å². The van der Waals surface area contributed by atoms with Crippen LogP contribution in [0.1, 0.15) is 37.8 Å². The molecular weight excluding hydrogens is 360 g/mol. The lowest BCUT2D eigenvalue weighted by atomic mass is 9.83. The van der Waals surface area contributed by atoms with Gasteiger partial charge in [-0.05, 0) is 31.9 Å². The van der Waals surface area contributed by atoms with E-state index in [2.05, 4.69) is 21.7 Å². The summed E-state index contributed by atoms with van der Waals surface area (Å²) in [4.78, 5) is 16.7. The van der Waals surface area contributed by atoms with Gasteiger partial charge in [0.05, 0.1) is 31.0 Å². The first-order valence-corrected chi connectivity index (χ1v) is 9.92. The molecule has 4 rings (SSSR count). The number of carbonyl (C=O) groups excluding carboxylic acids is 1. The van der Waals surface area contributed by atoms with Crippen molar-refractivity contribution < 1.29 is 19.0 Å². The van der Waals surface area contributed by atoms with Crippen molar-refractivity contribution in [3.8, 4) is 11.8 Å². The summed E-state index contributed by atoms with van der Waals surface area (Å²) < 4.78 is 17.8. The third-order valence-electron chi connectivity index (χ3n) is 5.84. The first-order valence-electron chi connectivity index (χ1n) is 9.92. The summed E-state index contributed by atoms with van der Waals surface area (Å²) >= 11 is 0. The molecule has 8 nitrogen and oxygen atoms in total. The van der Waals surface area contributed by atoms with Gasteiger partial charge in [-0.3, -0.25) is 4.98 Å². The van der Waals surface area contributed by atoms with Crippen LogP contribution < -0.4 is 15.4 Å². The maximum absolute atomic E-state index is 12.5. The van der Waals surface area contributed by atoms with Gasteiger partial charge in [-0.25, -0.2) is 4.79 Å². The lowest BCUT2D eigenvalue weighted by molar-refractivity contribution is 0.0299. The highest BCUT2D eigenvalue weighted by Crippen LogP contribution is 2.31. The summed E-state index contributed by atoms with van der Waals surface area (Å²) in [6.45, 7) is 2.64. The van der Waals surface area contributed by atoms with E-state index < -0.39 is 5.54 Å². The van der Waals surface area contributed by atoms with Crippen LogP contribution in [0.4, 0.5) is 4.79 Å². The molecule has 2 N–H and O–H groups in total. The number of pyridine rings is 1. The molecule has 0 radical (unpaired) electrons. The Morgan fingerprint density at radius 3 is 2.82 bits per heavy atom. The Kier molecular flexibility index (Phi) is 5.38. The molecule has 0 spiro atoms. The second-order valence-electron chi connectivity index (χ2n) is 7.80. The number of fused-ring (bicyclic) bond motifs is 1. The quantitative estimate of drug-likeness (QED) is 0.818. The lowest BCUT2D eigenvalue weighted by Crippen LogP contribution is -2.56. The highest BCUT2D eigenvalue weighted by Gasteiger charge is 2.50. The van der Waals surface area contributed by atoms with Crippen LogP contribution in [-0.2, 0) is 9.47 Å². The average molecular weight is 386 g/mol. The van der Waals surface area contributed by atoms with Gasteiger partial charge < -0.3 is 24.8 Å². The molecule has 2 saturated heterocycles. The summed E-state index contributed by atoms with van der Waals surface area (Å²) in [5, 5.41) is 15.4. The molecule has 1 aromatic rings. The number of hydrogen-bond acceptors (Lipinski definition) is 6. The fourth-order valence-corrected chi connectivity index (χ4v) is 4.29. The van der Waals surface area contributed by atoms with E-state index in [9.17, 15) is 10.1 Å². The highest BCUT2D eigenvalue weighted by atomic mass is 16.6. The molecule has 8 heteroatoms. The molecule has 0 unspecified atom stereocenters. The molecule has 3 fully saturated rings. The number of carbonyl (C=O) groups is 1. The number of nitriles is 1. The van der Waals surface area contributed by atoms with Gasteiger partial charge >= 0.3 is 6.03 Å². The zero-order chi connectivity index (χ0) is 19.6. The fourth-order valence-electron chi connectivity index (χ4n) is 4.29. The molecule has 1 aromatic heterocycles. The summed E-state index contributed by atoms with van der Waals surface area (Å²) in [6.07, 6.45) is 5.39. The van der Waals surface area contributed by atoms with Crippen molar-refractivity contribution in [1.29, 1.82) is 5.26 Å². The Morgan fingerprint density at radius 1 is 1.29 bits per heavy atom. The number of rotatable bonds is 4. The number of nitrogens with one attached hydrogen (secondary N) is 2. The molecule has 3 aliphatic rings. The molecule has 0 bridgehead atoms. The Morgan fingerprint density at radius 2 is 2.07 bits per heavy atom. The van der Waals surface area contributed by atoms with Gasteiger partial charge in [-0.1, -0.05) is 19.3 Å². The number of amides is 2. The first-order chi connectivity index (χ1) is 13.6. The molecular formula is C20H26N4O4. The van der Waals surface area contributed by atoms with Crippen molar-refractivity contribution in [2.24, 2.45) is 0 Å². The van der Waals surface area contributed by atoms with Crippen molar-refractivity contribution >= 4 is 6.03 Å². The molecule has 2 aliphatic heterocycles. The van der Waals surface area contributed by atoms with E-state index in [1.807, 2.05) is 19.1 Å². The number of ether oxygens (including phenoxy) is 3. The number of hydrogen-bond donors (Lipinski definition) is 2. The van der Waals surface area contributed by atoms with Crippen LogP contribution in [0.3, 0.4) is 0 Å². The predicted octanol–water partition coefficient (Wildman–Crippen LogP) is 1.83. The van der Waals surface area contributed by atoms with Gasteiger partial charge in [0.1, 0.15) is 23.5 Å². The molecule has 0 aromatic carbocycles. The van der Waals surface area contributed by atoms with Crippen LogP contribution in [0.25, 0.3) is 0 Å². The standard InChI is InChI=1S/C20H26N4O4/c1-13-15(6-5-9-22-13)28-16-11-27-17-14(10-26-18(16)17)23-19(25)24-20(12-21)7-3-2-4-8-20/h5-6,9,14,16-18H,2-4,7-8,10-11H2,1H3,(H2,23,24,25)/t14-,16-,17+,18+/m0/s1. The van der Waals surface area contributed by atoms with Crippen LogP contribution in [-0.4, -0.2) is 54.1 Å². The van der Waals surface area contributed by atoms with Gasteiger partial charge in [0.15, 0.2) is 6.10 Å². The van der Waals surface area contributed by atoms with Crippen LogP contribution >= 0.6 is 0 Å². The maximum Gasteiger partial charge on any atom is 0.316 e. The molecule has 150 valence electrons. The summed E-state index contributed by atoms with van der Waals surface area (Å²) in [7, 11) is 0. The highest BCUT2D eigenvalue weighted by molar-refractivity contribution is 5.76. The first kappa shape index (κ1) is 19.0. The van der Waals surface area contributed by atoms with Crippen LogP contribution in [0, 0.1) is 18.3 Å². The fraction of sp³-hybridized carbons (Fsp3) is 0.650. The second kappa shape index (κ2) is 7.94. The Labute approximate surface area is 164 Å². The van der Waals surface area contributed by atoms with E-state index in [-0.39, 0.29) is 30.4 Å². The van der Waals surface area contributed by atoms with Gasteiger partial charge in [0.2, 0.25) is 0 Å². The average Bonchev–Trinajstić information content (AvgIpc) is 3.28. The van der Waals surface area contributed by atoms with Crippen molar-refractivity contribution in [2.45, 2.75) is 68.9 Å². The van der Waals surface area contributed by atoms with Crippen LogP contribution in [0.15, 0.2) is 18.3 Å². The van der Waals surface area contributed by atoms with Gasteiger partial charge in [-0.2, -0.15) is 5.26 Å². The zero-order valence-electron chi connectivity index (χ0n) is 16.0. The van der Waals surface area contributed by atoms with Gasteiger partial charge in [0, 0.05) is 6.20 Å². The van der Waals surface area contributed by atoms with Crippen molar-refractivity contribution in [2.75, 3.05) is 13.2 Å². The number of aromatic nitrogens is 1. The zero-order valence-corrected chi connectivity index (χ0v) is 16.0. The van der Waals surface area contributed by atoms with Crippen molar-refractivity contribution in [1.82, 2.24) is 15.6 Å². The SMILES string of the molecule is Cc1ncccc1O[C@H]1CO[C@H]2[C@@H]1OC[C@@H]2NC(=O)NC1(C#N)CCCCC1. The Hall–Kier alpha value is -2.37. The van der Waals surface area contributed by atoms with E-state index in [1.54, 1.807) is 6.20 Å². The third kappa shape index (κ3) is 3.77. The topological polar surface area (TPSA) is 106 Å². The normalized spacial score (nSPS) is 30.9. The molecule has 1 aliphatic carbocycles.